The van der Waals surface area contributed by atoms with E-state index in [0.717, 1.165) is 30.9 Å². The summed E-state index contributed by atoms with van der Waals surface area (Å²) < 4.78 is 0. The van der Waals surface area contributed by atoms with Gasteiger partial charge in [0, 0.05) is 30.1 Å². The molecule has 0 aromatic carbocycles. The average molecular weight is 270 g/mol. The minimum Gasteiger partial charge on any atom is -0.481 e. The Morgan fingerprint density at radius 3 is 2.78 bits per heavy atom. The summed E-state index contributed by atoms with van der Waals surface area (Å²) in [5.74, 6) is 0.898. The van der Waals surface area contributed by atoms with Crippen molar-refractivity contribution in [3.63, 3.8) is 0 Å². The third-order valence-corrected chi connectivity index (χ3v) is 5.39. The molecule has 3 saturated heterocycles. The first kappa shape index (κ1) is 12.3. The maximum Gasteiger partial charge on any atom is 0.308 e. The number of hydrogen-bond acceptors (Lipinski definition) is 4. The Morgan fingerprint density at radius 2 is 2.17 bits per heavy atom. The monoisotopic (exact) mass is 270 g/mol. The molecule has 3 heterocycles. The normalized spacial score (nSPS) is 39.0. The largest absolute Gasteiger partial charge is 0.481 e. The van der Waals surface area contributed by atoms with E-state index in [9.17, 15) is 14.7 Å². The van der Waals surface area contributed by atoms with Gasteiger partial charge in [0.15, 0.2) is 0 Å². The first-order chi connectivity index (χ1) is 8.68. The van der Waals surface area contributed by atoms with Crippen LogP contribution in [0.3, 0.4) is 0 Å². The molecule has 6 heteroatoms. The second-order valence-corrected chi connectivity index (χ2v) is 6.46. The van der Waals surface area contributed by atoms with E-state index >= 15 is 0 Å². The van der Waals surface area contributed by atoms with Gasteiger partial charge in [-0.1, -0.05) is 0 Å². The van der Waals surface area contributed by atoms with Crippen LogP contribution in [0.2, 0.25) is 0 Å². The highest BCUT2D eigenvalue weighted by molar-refractivity contribution is 7.99. The van der Waals surface area contributed by atoms with E-state index in [2.05, 4.69) is 5.32 Å². The number of hydrogen-bond donors (Lipinski definition) is 2. The first-order valence-corrected chi connectivity index (χ1v) is 7.70. The third kappa shape index (κ3) is 1.91. The Kier molecular flexibility index (Phi) is 3.23. The van der Waals surface area contributed by atoms with Gasteiger partial charge in [0.25, 0.3) is 0 Å². The molecule has 4 atom stereocenters. The fourth-order valence-electron chi connectivity index (χ4n) is 3.50. The van der Waals surface area contributed by atoms with Crippen LogP contribution in [0.5, 0.6) is 0 Å². The zero-order chi connectivity index (χ0) is 12.7. The van der Waals surface area contributed by atoms with E-state index in [1.165, 1.54) is 0 Å². The minimum absolute atomic E-state index is 0.0614. The summed E-state index contributed by atoms with van der Waals surface area (Å²) in [7, 11) is 0. The number of aliphatic carboxylic acids is 1. The highest BCUT2D eigenvalue weighted by atomic mass is 32.2. The quantitative estimate of drug-likeness (QED) is 0.748. The SMILES string of the molecule is O=C(O)C1CC2CCC1N2C(=O)C1CSCCN1. The Labute approximate surface area is 110 Å². The van der Waals surface area contributed by atoms with E-state index in [1.54, 1.807) is 11.8 Å². The predicted molar refractivity (Wildman–Crippen MR) is 68.5 cm³/mol. The van der Waals surface area contributed by atoms with Gasteiger partial charge in [-0.25, -0.2) is 0 Å². The molecule has 2 N–H and O–H groups in total. The summed E-state index contributed by atoms with van der Waals surface area (Å²) in [4.78, 5) is 25.5. The number of carbonyl (C=O) groups excluding carboxylic acids is 1. The van der Waals surface area contributed by atoms with Crippen LogP contribution in [-0.2, 0) is 9.59 Å². The van der Waals surface area contributed by atoms with Crippen molar-refractivity contribution in [2.24, 2.45) is 5.92 Å². The fraction of sp³-hybridized carbons (Fsp3) is 0.833. The average Bonchev–Trinajstić information content (AvgIpc) is 2.96. The molecule has 18 heavy (non-hydrogen) atoms. The number of nitrogens with one attached hydrogen (secondary N) is 1. The van der Waals surface area contributed by atoms with Crippen molar-refractivity contribution in [2.75, 3.05) is 18.1 Å². The van der Waals surface area contributed by atoms with Gasteiger partial charge >= 0.3 is 5.97 Å². The van der Waals surface area contributed by atoms with E-state index in [1.807, 2.05) is 4.90 Å². The highest BCUT2D eigenvalue weighted by Crippen LogP contribution is 2.42. The third-order valence-electron chi connectivity index (χ3n) is 4.33. The second kappa shape index (κ2) is 4.74. The Hall–Kier alpha value is -0.750. The maximum absolute atomic E-state index is 12.5. The van der Waals surface area contributed by atoms with Gasteiger partial charge in [-0.3, -0.25) is 9.59 Å². The topological polar surface area (TPSA) is 69.6 Å². The number of carboxylic acids is 1. The van der Waals surface area contributed by atoms with Crippen LogP contribution in [0.25, 0.3) is 0 Å². The highest BCUT2D eigenvalue weighted by Gasteiger charge is 2.52. The lowest BCUT2D eigenvalue weighted by molar-refractivity contribution is -0.143. The van der Waals surface area contributed by atoms with Crippen molar-refractivity contribution < 1.29 is 14.7 Å². The van der Waals surface area contributed by atoms with Gasteiger partial charge in [-0.15, -0.1) is 0 Å². The lowest BCUT2D eigenvalue weighted by Crippen LogP contribution is -2.52. The van der Waals surface area contributed by atoms with Crippen molar-refractivity contribution in [3.8, 4) is 0 Å². The summed E-state index contributed by atoms with van der Waals surface area (Å²) in [6.07, 6.45) is 2.47. The van der Waals surface area contributed by atoms with Gasteiger partial charge in [0.05, 0.1) is 12.0 Å². The number of rotatable bonds is 2. The molecule has 3 rings (SSSR count). The van der Waals surface area contributed by atoms with E-state index < -0.39 is 5.97 Å². The maximum atomic E-state index is 12.5. The van der Waals surface area contributed by atoms with Crippen LogP contribution in [0.4, 0.5) is 0 Å². The molecule has 0 aromatic heterocycles. The van der Waals surface area contributed by atoms with E-state index in [-0.39, 0.29) is 30.0 Å². The standard InChI is InChI=1S/C12H18N2O3S/c15-11(9-6-18-4-3-13-9)14-7-1-2-10(14)8(5-7)12(16)17/h7-10,13H,1-6H2,(H,16,17). The molecule has 0 aromatic rings. The Morgan fingerprint density at radius 1 is 1.33 bits per heavy atom. The number of nitrogens with zero attached hydrogens (tertiary/aromatic N) is 1. The summed E-state index contributed by atoms with van der Waals surface area (Å²) in [5.41, 5.74) is 0. The summed E-state index contributed by atoms with van der Waals surface area (Å²) in [5, 5.41) is 12.4. The van der Waals surface area contributed by atoms with Crippen LogP contribution in [-0.4, -0.2) is 58.1 Å². The van der Waals surface area contributed by atoms with Crippen molar-refractivity contribution in [3.05, 3.63) is 0 Å². The molecule has 100 valence electrons. The molecule has 2 bridgehead atoms. The van der Waals surface area contributed by atoms with E-state index in [0.29, 0.717) is 6.42 Å². The van der Waals surface area contributed by atoms with Crippen molar-refractivity contribution in [1.29, 1.82) is 0 Å². The van der Waals surface area contributed by atoms with Gasteiger partial charge < -0.3 is 15.3 Å². The summed E-state index contributed by atoms with van der Waals surface area (Å²) in [6.45, 7) is 0.868. The molecule has 5 nitrogen and oxygen atoms in total. The molecular weight excluding hydrogens is 252 g/mol. The second-order valence-electron chi connectivity index (χ2n) is 5.31. The van der Waals surface area contributed by atoms with Crippen molar-refractivity contribution in [1.82, 2.24) is 10.2 Å². The van der Waals surface area contributed by atoms with Gasteiger partial charge in [-0.2, -0.15) is 11.8 Å². The van der Waals surface area contributed by atoms with Crippen LogP contribution < -0.4 is 5.32 Å². The zero-order valence-electron chi connectivity index (χ0n) is 10.2. The molecule has 1 amide bonds. The molecule has 4 unspecified atom stereocenters. The Bertz CT molecular complexity index is 370. The summed E-state index contributed by atoms with van der Waals surface area (Å²) in [6, 6.07) is -0.00884. The zero-order valence-corrected chi connectivity index (χ0v) is 11.0. The first-order valence-electron chi connectivity index (χ1n) is 6.54. The molecule has 0 saturated carbocycles. The smallest absolute Gasteiger partial charge is 0.308 e. The van der Waals surface area contributed by atoms with Crippen LogP contribution in [0.1, 0.15) is 19.3 Å². The van der Waals surface area contributed by atoms with Gasteiger partial charge in [0.2, 0.25) is 5.91 Å². The Balaban J connectivity index is 1.72. The van der Waals surface area contributed by atoms with Crippen molar-refractivity contribution in [2.45, 2.75) is 37.4 Å². The molecule has 3 fully saturated rings. The van der Waals surface area contributed by atoms with Crippen LogP contribution in [0, 0.1) is 5.92 Å². The molecule has 0 aliphatic carbocycles. The minimum atomic E-state index is -0.744. The number of thioether (sulfide) groups is 1. The van der Waals surface area contributed by atoms with Gasteiger partial charge in [0.1, 0.15) is 0 Å². The predicted octanol–water partition coefficient (Wildman–Crippen LogP) is 0.156. The molecule has 3 aliphatic heterocycles. The number of carbonyl (C=O) groups is 2. The lowest BCUT2D eigenvalue weighted by atomic mass is 9.89. The van der Waals surface area contributed by atoms with Crippen LogP contribution in [0.15, 0.2) is 0 Å². The molecule has 0 spiro atoms. The molecule has 3 aliphatic rings. The number of fused-ring (bicyclic) bond motifs is 2. The molecular formula is C12H18N2O3S. The fourth-order valence-corrected chi connectivity index (χ4v) is 4.43. The number of amides is 1. The molecule has 0 radical (unpaired) electrons. The van der Waals surface area contributed by atoms with E-state index in [4.69, 9.17) is 0 Å². The summed E-state index contributed by atoms with van der Waals surface area (Å²) >= 11 is 1.79. The van der Waals surface area contributed by atoms with Gasteiger partial charge in [-0.05, 0) is 19.3 Å². The lowest BCUT2D eigenvalue weighted by Gasteiger charge is -2.30. The van der Waals surface area contributed by atoms with Crippen molar-refractivity contribution >= 4 is 23.6 Å². The number of carboxylic acid groups (broad SMARTS) is 1. The van der Waals surface area contributed by atoms with Crippen LogP contribution >= 0.6 is 11.8 Å².